The van der Waals surface area contributed by atoms with E-state index in [1.807, 2.05) is 27.7 Å². The first-order chi connectivity index (χ1) is 9.24. The van der Waals surface area contributed by atoms with Crippen molar-refractivity contribution in [1.82, 2.24) is 5.32 Å². The summed E-state index contributed by atoms with van der Waals surface area (Å²) in [7, 11) is 0. The Morgan fingerprint density at radius 2 is 2.05 bits per heavy atom. The van der Waals surface area contributed by atoms with E-state index in [0.717, 1.165) is 12.8 Å². The van der Waals surface area contributed by atoms with Gasteiger partial charge in [0, 0.05) is 13.2 Å². The summed E-state index contributed by atoms with van der Waals surface area (Å²) in [6.07, 6.45) is 2.05. The van der Waals surface area contributed by atoms with E-state index in [1.54, 1.807) is 0 Å². The number of rotatable bonds is 6. The fraction of sp³-hybridized carbons (Fsp3) is 0.867. The van der Waals surface area contributed by atoms with Gasteiger partial charge in [-0.25, -0.2) is 0 Å². The van der Waals surface area contributed by atoms with Gasteiger partial charge in [0.1, 0.15) is 0 Å². The van der Waals surface area contributed by atoms with Crippen molar-refractivity contribution < 1.29 is 19.4 Å². The predicted molar refractivity (Wildman–Crippen MR) is 76.3 cm³/mol. The Morgan fingerprint density at radius 3 is 2.55 bits per heavy atom. The number of carbonyl (C=O) groups excluding carboxylic acids is 1. The van der Waals surface area contributed by atoms with Gasteiger partial charge in [0.05, 0.1) is 17.9 Å². The maximum Gasteiger partial charge on any atom is 0.308 e. The quantitative estimate of drug-likeness (QED) is 0.783. The van der Waals surface area contributed by atoms with Gasteiger partial charge in [0.25, 0.3) is 0 Å². The Hall–Kier alpha value is -1.10. The van der Waals surface area contributed by atoms with Gasteiger partial charge in [0.2, 0.25) is 5.91 Å². The Labute approximate surface area is 121 Å². The van der Waals surface area contributed by atoms with E-state index < -0.39 is 11.9 Å². The largest absolute Gasteiger partial charge is 0.481 e. The summed E-state index contributed by atoms with van der Waals surface area (Å²) in [6.45, 7) is 8.81. The van der Waals surface area contributed by atoms with Crippen LogP contribution in [0.3, 0.4) is 0 Å². The van der Waals surface area contributed by atoms with Crippen LogP contribution in [0.2, 0.25) is 0 Å². The molecule has 0 spiro atoms. The zero-order valence-corrected chi connectivity index (χ0v) is 12.9. The molecular weight excluding hydrogens is 258 g/mol. The minimum atomic E-state index is -0.852. The molecule has 116 valence electrons. The molecule has 0 aliphatic carbocycles. The number of hydrogen-bond donors (Lipinski definition) is 2. The SMILES string of the molecule is CCC1OCCC1C(=O)NCC(CC(C)(C)C)C(=O)O. The van der Waals surface area contributed by atoms with Gasteiger partial charge in [-0.05, 0) is 24.7 Å². The average molecular weight is 285 g/mol. The topological polar surface area (TPSA) is 75.6 Å². The summed E-state index contributed by atoms with van der Waals surface area (Å²) in [5.41, 5.74) is -0.0732. The fourth-order valence-corrected chi connectivity index (χ4v) is 2.69. The summed E-state index contributed by atoms with van der Waals surface area (Å²) in [5.74, 6) is -1.60. The molecule has 0 bridgehead atoms. The summed E-state index contributed by atoms with van der Waals surface area (Å²) < 4.78 is 5.49. The summed E-state index contributed by atoms with van der Waals surface area (Å²) in [5, 5.41) is 12.0. The van der Waals surface area contributed by atoms with Crippen LogP contribution in [0.25, 0.3) is 0 Å². The van der Waals surface area contributed by atoms with Gasteiger partial charge >= 0.3 is 5.97 Å². The number of aliphatic carboxylic acids is 1. The molecule has 5 heteroatoms. The number of amides is 1. The van der Waals surface area contributed by atoms with E-state index in [-0.39, 0.29) is 29.9 Å². The van der Waals surface area contributed by atoms with Crippen LogP contribution in [0, 0.1) is 17.3 Å². The molecule has 1 saturated heterocycles. The standard InChI is InChI=1S/C15H27NO4/c1-5-12-11(6-7-20-12)13(17)16-9-10(14(18)19)8-15(2,3)4/h10-12H,5-9H2,1-4H3,(H,16,17)(H,18,19). The second kappa shape index (κ2) is 7.07. The number of hydrogen-bond acceptors (Lipinski definition) is 3. The van der Waals surface area contributed by atoms with Gasteiger partial charge in [-0.1, -0.05) is 27.7 Å². The lowest BCUT2D eigenvalue weighted by Crippen LogP contribution is -2.40. The van der Waals surface area contributed by atoms with Gasteiger partial charge in [-0.15, -0.1) is 0 Å². The highest BCUT2D eigenvalue weighted by Gasteiger charge is 2.33. The molecule has 0 aromatic carbocycles. The third-order valence-electron chi connectivity index (χ3n) is 3.68. The smallest absolute Gasteiger partial charge is 0.308 e. The molecular formula is C15H27NO4. The van der Waals surface area contributed by atoms with Crippen LogP contribution in [-0.2, 0) is 14.3 Å². The van der Waals surface area contributed by atoms with E-state index in [9.17, 15) is 14.7 Å². The van der Waals surface area contributed by atoms with E-state index >= 15 is 0 Å². The van der Waals surface area contributed by atoms with Crippen molar-refractivity contribution in [2.75, 3.05) is 13.2 Å². The fourth-order valence-electron chi connectivity index (χ4n) is 2.69. The molecule has 1 rings (SSSR count). The molecule has 1 aliphatic rings. The maximum atomic E-state index is 12.1. The van der Waals surface area contributed by atoms with Crippen LogP contribution in [0.15, 0.2) is 0 Å². The molecule has 0 aromatic rings. The van der Waals surface area contributed by atoms with Crippen molar-refractivity contribution in [2.24, 2.45) is 17.3 Å². The van der Waals surface area contributed by atoms with Gasteiger partial charge in [0.15, 0.2) is 0 Å². The molecule has 1 fully saturated rings. The van der Waals surface area contributed by atoms with Crippen molar-refractivity contribution in [2.45, 2.75) is 53.1 Å². The third kappa shape index (κ3) is 5.12. The number of carboxylic acids is 1. The van der Waals surface area contributed by atoms with Crippen molar-refractivity contribution in [3.05, 3.63) is 0 Å². The molecule has 0 radical (unpaired) electrons. The first-order valence-corrected chi connectivity index (χ1v) is 7.36. The third-order valence-corrected chi connectivity index (χ3v) is 3.68. The van der Waals surface area contributed by atoms with Crippen molar-refractivity contribution >= 4 is 11.9 Å². The van der Waals surface area contributed by atoms with Crippen LogP contribution in [0.5, 0.6) is 0 Å². The number of ether oxygens (including phenoxy) is 1. The highest BCUT2D eigenvalue weighted by molar-refractivity contribution is 5.80. The highest BCUT2D eigenvalue weighted by Crippen LogP contribution is 2.26. The van der Waals surface area contributed by atoms with Crippen LogP contribution in [0.1, 0.15) is 47.0 Å². The van der Waals surface area contributed by atoms with Crippen LogP contribution in [0.4, 0.5) is 0 Å². The van der Waals surface area contributed by atoms with Crippen LogP contribution >= 0.6 is 0 Å². The monoisotopic (exact) mass is 285 g/mol. The lowest BCUT2D eigenvalue weighted by molar-refractivity contribution is -0.142. The number of carbonyl (C=O) groups is 2. The normalized spacial score (nSPS) is 24.4. The summed E-state index contributed by atoms with van der Waals surface area (Å²) in [4.78, 5) is 23.4. The molecule has 1 heterocycles. The summed E-state index contributed by atoms with van der Waals surface area (Å²) >= 11 is 0. The molecule has 0 aromatic heterocycles. The van der Waals surface area contributed by atoms with E-state index in [4.69, 9.17) is 4.74 Å². The Bertz CT molecular complexity index is 348. The molecule has 2 N–H and O–H groups in total. The minimum absolute atomic E-state index is 0.0269. The molecule has 3 unspecified atom stereocenters. The molecule has 3 atom stereocenters. The zero-order chi connectivity index (χ0) is 15.3. The maximum absolute atomic E-state index is 12.1. The molecule has 5 nitrogen and oxygen atoms in total. The van der Waals surface area contributed by atoms with Crippen LogP contribution < -0.4 is 5.32 Å². The lowest BCUT2D eigenvalue weighted by atomic mass is 9.84. The number of nitrogens with one attached hydrogen (secondary N) is 1. The second-order valence-electron chi connectivity index (χ2n) is 6.76. The Balaban J connectivity index is 2.50. The summed E-state index contributed by atoms with van der Waals surface area (Å²) in [6, 6.07) is 0. The van der Waals surface area contributed by atoms with Crippen molar-refractivity contribution in [3.63, 3.8) is 0 Å². The van der Waals surface area contributed by atoms with Crippen molar-refractivity contribution in [1.29, 1.82) is 0 Å². The zero-order valence-electron chi connectivity index (χ0n) is 12.9. The Morgan fingerprint density at radius 1 is 1.40 bits per heavy atom. The van der Waals surface area contributed by atoms with Gasteiger partial charge in [-0.3, -0.25) is 9.59 Å². The number of carboxylic acid groups (broad SMARTS) is 1. The first kappa shape index (κ1) is 17.0. The second-order valence-corrected chi connectivity index (χ2v) is 6.76. The van der Waals surface area contributed by atoms with Gasteiger partial charge < -0.3 is 15.2 Å². The highest BCUT2D eigenvalue weighted by atomic mass is 16.5. The molecule has 0 saturated carbocycles. The van der Waals surface area contributed by atoms with Crippen LogP contribution in [-0.4, -0.2) is 36.2 Å². The molecule has 1 aliphatic heterocycles. The van der Waals surface area contributed by atoms with Gasteiger partial charge in [-0.2, -0.15) is 0 Å². The average Bonchev–Trinajstić information content (AvgIpc) is 2.80. The van der Waals surface area contributed by atoms with E-state index in [2.05, 4.69) is 5.32 Å². The molecule has 20 heavy (non-hydrogen) atoms. The van der Waals surface area contributed by atoms with E-state index in [0.29, 0.717) is 13.0 Å². The lowest BCUT2D eigenvalue weighted by Gasteiger charge is -2.24. The van der Waals surface area contributed by atoms with Crippen molar-refractivity contribution in [3.8, 4) is 0 Å². The molecule has 1 amide bonds. The van der Waals surface area contributed by atoms with E-state index in [1.165, 1.54) is 0 Å². The first-order valence-electron chi connectivity index (χ1n) is 7.36. The predicted octanol–water partition coefficient (Wildman–Crippen LogP) is 2.05. The Kier molecular flexibility index (Phi) is 5.99. The minimum Gasteiger partial charge on any atom is -0.481 e.